The van der Waals surface area contributed by atoms with Crippen LogP contribution in [0.1, 0.15) is 44.4 Å². The number of benzene rings is 2. The fourth-order valence-electron chi connectivity index (χ4n) is 2.49. The van der Waals surface area contributed by atoms with Crippen molar-refractivity contribution in [1.29, 1.82) is 0 Å². The number of rotatable bonds is 5. The highest BCUT2D eigenvalue weighted by Gasteiger charge is 2.24. The summed E-state index contributed by atoms with van der Waals surface area (Å²) in [4.78, 5) is 0. The van der Waals surface area contributed by atoms with Crippen molar-refractivity contribution >= 4 is 15.9 Å². The molecule has 2 heteroatoms. The lowest BCUT2D eigenvalue weighted by atomic mass is 9.91. The van der Waals surface area contributed by atoms with E-state index in [0.717, 1.165) is 10.9 Å². The summed E-state index contributed by atoms with van der Waals surface area (Å²) < 4.78 is 1.12. The first-order valence-electron chi connectivity index (χ1n) is 7.11. The van der Waals surface area contributed by atoms with Gasteiger partial charge in [-0.3, -0.25) is 0 Å². The van der Waals surface area contributed by atoms with Gasteiger partial charge in [0.1, 0.15) is 0 Å². The molecule has 1 N–H and O–H groups in total. The number of nitrogens with one attached hydrogen (secondary N) is 1. The molecule has 0 aliphatic heterocycles. The molecule has 0 radical (unpaired) electrons. The minimum absolute atomic E-state index is 0.0583. The lowest BCUT2D eigenvalue weighted by molar-refractivity contribution is 0.338. The van der Waals surface area contributed by atoms with Crippen LogP contribution >= 0.6 is 15.9 Å². The van der Waals surface area contributed by atoms with E-state index in [0.29, 0.717) is 6.04 Å². The van der Waals surface area contributed by atoms with Crippen molar-refractivity contribution in [2.24, 2.45) is 0 Å². The van der Waals surface area contributed by atoms with E-state index in [4.69, 9.17) is 0 Å². The Morgan fingerprint density at radius 2 is 1.60 bits per heavy atom. The zero-order valence-corrected chi connectivity index (χ0v) is 13.9. The second kappa shape index (κ2) is 6.55. The summed E-state index contributed by atoms with van der Waals surface area (Å²) in [5, 5.41) is 3.78. The molecule has 1 nitrogen and oxygen atoms in total. The Hall–Kier alpha value is -1.12. The van der Waals surface area contributed by atoms with Crippen LogP contribution in [0.15, 0.2) is 59.1 Å². The lowest BCUT2D eigenvalue weighted by Gasteiger charge is -2.32. The van der Waals surface area contributed by atoms with E-state index in [-0.39, 0.29) is 5.54 Å². The zero-order chi connectivity index (χ0) is 14.6. The Morgan fingerprint density at radius 3 is 2.15 bits per heavy atom. The van der Waals surface area contributed by atoms with Gasteiger partial charge in [0.25, 0.3) is 0 Å². The van der Waals surface area contributed by atoms with Crippen molar-refractivity contribution in [3.8, 4) is 0 Å². The van der Waals surface area contributed by atoms with Crippen LogP contribution in [0.2, 0.25) is 0 Å². The number of hydrogen-bond donors (Lipinski definition) is 1. The van der Waals surface area contributed by atoms with Crippen molar-refractivity contribution < 1.29 is 0 Å². The summed E-state index contributed by atoms with van der Waals surface area (Å²) in [7, 11) is 0. The molecule has 0 saturated heterocycles. The van der Waals surface area contributed by atoms with Gasteiger partial charge in [0, 0.05) is 16.1 Å². The molecule has 0 spiro atoms. The van der Waals surface area contributed by atoms with Crippen LogP contribution in [0, 0.1) is 0 Å². The Kier molecular flexibility index (Phi) is 5.00. The maximum absolute atomic E-state index is 3.78. The predicted octanol–water partition coefficient (Wildman–Crippen LogP) is 5.43. The van der Waals surface area contributed by atoms with E-state index < -0.39 is 0 Å². The highest BCUT2D eigenvalue weighted by atomic mass is 79.9. The van der Waals surface area contributed by atoms with Gasteiger partial charge in [-0.05, 0) is 43.5 Å². The molecule has 0 saturated carbocycles. The molecule has 2 rings (SSSR count). The molecule has 0 fully saturated rings. The van der Waals surface area contributed by atoms with Crippen LogP contribution in [0.5, 0.6) is 0 Å². The molecule has 20 heavy (non-hydrogen) atoms. The number of hydrogen-bond acceptors (Lipinski definition) is 1. The molecule has 0 aromatic heterocycles. The van der Waals surface area contributed by atoms with Gasteiger partial charge in [0.05, 0.1) is 0 Å². The summed E-state index contributed by atoms with van der Waals surface area (Å²) in [6.07, 6.45) is 1.07. The molecule has 0 amide bonds. The first-order valence-corrected chi connectivity index (χ1v) is 7.91. The Balaban J connectivity index is 2.19. The van der Waals surface area contributed by atoms with E-state index in [1.165, 1.54) is 11.1 Å². The third kappa shape index (κ3) is 3.71. The van der Waals surface area contributed by atoms with Crippen LogP contribution in [0.3, 0.4) is 0 Å². The molecular weight excluding hydrogens is 310 g/mol. The van der Waals surface area contributed by atoms with Gasteiger partial charge < -0.3 is 5.32 Å². The average Bonchev–Trinajstić information content (AvgIpc) is 2.46. The fourth-order valence-corrected chi connectivity index (χ4v) is 2.76. The maximum Gasteiger partial charge on any atom is 0.0382 e. The Labute approximate surface area is 130 Å². The van der Waals surface area contributed by atoms with E-state index in [9.17, 15) is 0 Å². The van der Waals surface area contributed by atoms with E-state index in [1.807, 2.05) is 0 Å². The molecule has 2 aromatic rings. The van der Waals surface area contributed by atoms with E-state index >= 15 is 0 Å². The van der Waals surface area contributed by atoms with Gasteiger partial charge in [-0.25, -0.2) is 0 Å². The SMILES string of the molecule is CCC(NC(C)(C)c1ccc(Br)cc1)c1ccccc1. The molecule has 1 atom stereocenters. The van der Waals surface area contributed by atoms with Crippen LogP contribution in [0.25, 0.3) is 0 Å². The van der Waals surface area contributed by atoms with Crippen LogP contribution in [0.4, 0.5) is 0 Å². The van der Waals surface area contributed by atoms with Crippen molar-refractivity contribution in [1.82, 2.24) is 5.32 Å². The van der Waals surface area contributed by atoms with Crippen molar-refractivity contribution in [2.45, 2.75) is 38.8 Å². The quantitative estimate of drug-likeness (QED) is 0.770. The van der Waals surface area contributed by atoms with E-state index in [1.54, 1.807) is 0 Å². The van der Waals surface area contributed by atoms with Gasteiger partial charge >= 0.3 is 0 Å². The van der Waals surface area contributed by atoms with Gasteiger partial charge in [-0.2, -0.15) is 0 Å². The van der Waals surface area contributed by atoms with Crippen molar-refractivity contribution in [2.75, 3.05) is 0 Å². The minimum atomic E-state index is -0.0583. The second-order valence-electron chi connectivity index (χ2n) is 5.65. The smallest absolute Gasteiger partial charge is 0.0382 e. The summed E-state index contributed by atoms with van der Waals surface area (Å²) in [5.41, 5.74) is 2.59. The van der Waals surface area contributed by atoms with Crippen LogP contribution < -0.4 is 5.32 Å². The molecule has 0 heterocycles. The average molecular weight is 332 g/mol. The summed E-state index contributed by atoms with van der Waals surface area (Å²) in [6, 6.07) is 19.6. The van der Waals surface area contributed by atoms with E-state index in [2.05, 4.69) is 96.6 Å². The van der Waals surface area contributed by atoms with Crippen LogP contribution in [-0.4, -0.2) is 0 Å². The molecule has 2 aromatic carbocycles. The molecule has 1 unspecified atom stereocenters. The normalized spacial score (nSPS) is 13.2. The molecule has 0 aliphatic carbocycles. The zero-order valence-electron chi connectivity index (χ0n) is 12.4. The van der Waals surface area contributed by atoms with Crippen LogP contribution in [-0.2, 0) is 5.54 Å². The lowest BCUT2D eigenvalue weighted by Crippen LogP contribution is -2.39. The second-order valence-corrected chi connectivity index (χ2v) is 6.56. The van der Waals surface area contributed by atoms with Gasteiger partial charge in [-0.1, -0.05) is 65.3 Å². The highest BCUT2D eigenvalue weighted by Crippen LogP contribution is 2.27. The first-order chi connectivity index (χ1) is 9.53. The molecule has 0 bridgehead atoms. The first kappa shape index (κ1) is 15.3. The summed E-state index contributed by atoms with van der Waals surface area (Å²) in [6.45, 7) is 6.70. The van der Waals surface area contributed by atoms with Gasteiger partial charge in [0.2, 0.25) is 0 Å². The Bertz CT molecular complexity index is 531. The third-order valence-corrected chi connectivity index (χ3v) is 4.24. The standard InChI is InChI=1S/C18H22BrN/c1-4-17(14-8-6-5-7-9-14)20-18(2,3)15-10-12-16(19)13-11-15/h5-13,17,20H,4H2,1-3H3. The van der Waals surface area contributed by atoms with Crippen molar-refractivity contribution in [3.63, 3.8) is 0 Å². The fraction of sp³-hybridized carbons (Fsp3) is 0.333. The third-order valence-electron chi connectivity index (χ3n) is 3.71. The highest BCUT2D eigenvalue weighted by molar-refractivity contribution is 9.10. The minimum Gasteiger partial charge on any atom is -0.301 e. The largest absolute Gasteiger partial charge is 0.301 e. The summed E-state index contributed by atoms with van der Waals surface area (Å²) >= 11 is 3.49. The predicted molar refractivity (Wildman–Crippen MR) is 89.8 cm³/mol. The molecule has 106 valence electrons. The van der Waals surface area contributed by atoms with Gasteiger partial charge in [-0.15, -0.1) is 0 Å². The number of halogens is 1. The van der Waals surface area contributed by atoms with Gasteiger partial charge in [0.15, 0.2) is 0 Å². The maximum atomic E-state index is 3.78. The monoisotopic (exact) mass is 331 g/mol. The summed E-state index contributed by atoms with van der Waals surface area (Å²) in [5.74, 6) is 0. The topological polar surface area (TPSA) is 12.0 Å². The van der Waals surface area contributed by atoms with Crippen molar-refractivity contribution in [3.05, 3.63) is 70.2 Å². The molecule has 0 aliphatic rings. The Morgan fingerprint density at radius 1 is 1.00 bits per heavy atom. The molecular formula is C18H22BrN.